The molecule has 0 aliphatic rings. The Morgan fingerprint density at radius 3 is 2.44 bits per heavy atom. The number of anilines is 2. The van der Waals surface area contributed by atoms with Crippen LogP contribution < -0.4 is 20.1 Å². The van der Waals surface area contributed by atoms with Crippen LogP contribution in [0.1, 0.15) is 30.5 Å². The van der Waals surface area contributed by atoms with Crippen LogP contribution in [0.4, 0.5) is 10.7 Å². The summed E-state index contributed by atoms with van der Waals surface area (Å²) in [5.41, 5.74) is 0.972. The molecule has 0 saturated carbocycles. The number of thiophene rings is 2. The molecule has 0 aliphatic carbocycles. The van der Waals surface area contributed by atoms with Gasteiger partial charge >= 0.3 is 5.97 Å². The lowest BCUT2D eigenvalue weighted by Gasteiger charge is -2.11. The quantitative estimate of drug-likeness (QED) is 0.471. The van der Waals surface area contributed by atoms with E-state index in [1.54, 1.807) is 25.1 Å². The van der Waals surface area contributed by atoms with Crippen LogP contribution in [0.25, 0.3) is 0 Å². The number of methoxy groups -OCH3 is 3. The fraction of sp³-hybridized carbons (Fsp3) is 0.227. The van der Waals surface area contributed by atoms with Crippen molar-refractivity contribution in [1.82, 2.24) is 0 Å². The van der Waals surface area contributed by atoms with Crippen LogP contribution >= 0.6 is 22.7 Å². The minimum absolute atomic E-state index is 0.153. The topological polar surface area (TPSA) is 103 Å². The third kappa shape index (κ3) is 5.09. The maximum Gasteiger partial charge on any atom is 0.341 e. The third-order valence-electron chi connectivity index (χ3n) is 4.57. The van der Waals surface area contributed by atoms with Crippen LogP contribution in [0.5, 0.6) is 11.5 Å². The predicted octanol–water partition coefficient (Wildman–Crippen LogP) is 4.36. The number of benzene rings is 1. The van der Waals surface area contributed by atoms with E-state index in [1.165, 1.54) is 32.7 Å². The molecule has 0 saturated heterocycles. The van der Waals surface area contributed by atoms with Crippen LogP contribution in [-0.2, 0) is 16.0 Å². The molecule has 2 N–H and O–H groups in total. The van der Waals surface area contributed by atoms with Gasteiger partial charge in [0.05, 0.1) is 43.9 Å². The first-order valence-corrected chi connectivity index (χ1v) is 11.1. The van der Waals surface area contributed by atoms with Gasteiger partial charge in [-0.25, -0.2) is 4.79 Å². The fourth-order valence-corrected chi connectivity index (χ4v) is 4.81. The molecule has 0 radical (unpaired) electrons. The molecular weight excluding hydrogens is 452 g/mol. The molecule has 168 valence electrons. The Hall–Kier alpha value is -3.37. The summed E-state index contributed by atoms with van der Waals surface area (Å²) in [6.07, 6.45) is 0.164. The smallest absolute Gasteiger partial charge is 0.341 e. The minimum Gasteiger partial charge on any atom is -0.497 e. The van der Waals surface area contributed by atoms with Gasteiger partial charge in [-0.05, 0) is 36.1 Å². The molecule has 0 unspecified atom stereocenters. The standard InChI is InChI=1S/C22H22N2O6S2/c1-12-18(22(27)30-4)21(24-17(25)11-14-6-5-9-31-14)32-19(12)20(26)23-15-10-13(28-2)7-8-16(15)29-3/h5-10H,11H2,1-4H3,(H,23,26)(H,24,25). The highest BCUT2D eigenvalue weighted by Gasteiger charge is 2.27. The van der Waals surface area contributed by atoms with Gasteiger partial charge in [0.2, 0.25) is 5.91 Å². The Morgan fingerprint density at radius 1 is 1.03 bits per heavy atom. The van der Waals surface area contributed by atoms with Gasteiger partial charge in [-0.1, -0.05) is 6.07 Å². The largest absolute Gasteiger partial charge is 0.497 e. The number of rotatable bonds is 8. The van der Waals surface area contributed by atoms with Crippen LogP contribution in [0.2, 0.25) is 0 Å². The molecule has 1 aromatic carbocycles. The van der Waals surface area contributed by atoms with Crippen molar-refractivity contribution in [3.63, 3.8) is 0 Å². The fourth-order valence-electron chi connectivity index (χ4n) is 3.00. The third-order valence-corrected chi connectivity index (χ3v) is 6.65. The van der Waals surface area contributed by atoms with Crippen molar-refractivity contribution in [3.8, 4) is 11.5 Å². The zero-order valence-corrected chi connectivity index (χ0v) is 19.6. The second kappa shape index (κ2) is 10.3. The number of hydrogen-bond donors (Lipinski definition) is 2. The zero-order chi connectivity index (χ0) is 23.3. The summed E-state index contributed by atoms with van der Waals surface area (Å²) in [5.74, 6) is -0.391. The van der Waals surface area contributed by atoms with Gasteiger partial charge in [0, 0.05) is 10.9 Å². The van der Waals surface area contributed by atoms with E-state index in [2.05, 4.69) is 10.6 Å². The number of amides is 2. The zero-order valence-electron chi connectivity index (χ0n) is 17.9. The van der Waals surface area contributed by atoms with Gasteiger partial charge in [0.1, 0.15) is 16.5 Å². The SMILES string of the molecule is COC(=O)c1c(NC(=O)Cc2cccs2)sc(C(=O)Nc2cc(OC)ccc2OC)c1C. The monoisotopic (exact) mass is 474 g/mol. The Kier molecular flexibility index (Phi) is 7.49. The second-order valence-corrected chi connectivity index (χ2v) is 8.63. The predicted molar refractivity (Wildman–Crippen MR) is 125 cm³/mol. The van der Waals surface area contributed by atoms with Crippen molar-refractivity contribution in [1.29, 1.82) is 0 Å². The molecule has 0 fully saturated rings. The number of ether oxygens (including phenoxy) is 3. The van der Waals surface area contributed by atoms with Gasteiger partial charge in [0.25, 0.3) is 5.91 Å². The summed E-state index contributed by atoms with van der Waals surface area (Å²) in [6, 6.07) is 8.72. The molecule has 0 aliphatic heterocycles. The van der Waals surface area contributed by atoms with E-state index in [0.29, 0.717) is 22.7 Å². The maximum atomic E-state index is 13.1. The lowest BCUT2D eigenvalue weighted by molar-refractivity contribution is -0.115. The number of carbonyl (C=O) groups excluding carboxylic acids is 3. The molecule has 3 rings (SSSR count). The number of nitrogens with one attached hydrogen (secondary N) is 2. The first-order chi connectivity index (χ1) is 15.4. The van der Waals surface area contributed by atoms with E-state index in [9.17, 15) is 14.4 Å². The van der Waals surface area contributed by atoms with Crippen LogP contribution in [-0.4, -0.2) is 39.1 Å². The average Bonchev–Trinajstić information content (AvgIpc) is 3.40. The lowest BCUT2D eigenvalue weighted by Crippen LogP contribution is -2.15. The summed E-state index contributed by atoms with van der Waals surface area (Å²) in [4.78, 5) is 39.1. The van der Waals surface area contributed by atoms with Crippen molar-refractivity contribution in [2.45, 2.75) is 13.3 Å². The highest BCUT2D eigenvalue weighted by molar-refractivity contribution is 7.19. The van der Waals surface area contributed by atoms with E-state index >= 15 is 0 Å². The molecule has 10 heteroatoms. The van der Waals surface area contributed by atoms with Crippen LogP contribution in [0.3, 0.4) is 0 Å². The summed E-state index contributed by atoms with van der Waals surface area (Å²) < 4.78 is 15.4. The summed E-state index contributed by atoms with van der Waals surface area (Å²) in [5, 5.41) is 7.67. The van der Waals surface area contributed by atoms with Crippen molar-refractivity contribution >= 4 is 51.1 Å². The molecule has 3 aromatic rings. The Labute approximate surface area is 193 Å². The average molecular weight is 475 g/mol. The van der Waals surface area contributed by atoms with Crippen LogP contribution in [0.15, 0.2) is 35.7 Å². The molecular formula is C22H22N2O6S2. The lowest BCUT2D eigenvalue weighted by atomic mass is 10.1. The molecule has 2 amide bonds. The molecule has 2 heterocycles. The maximum absolute atomic E-state index is 13.1. The van der Waals surface area contributed by atoms with E-state index in [0.717, 1.165) is 16.2 Å². The number of esters is 1. The highest BCUT2D eigenvalue weighted by atomic mass is 32.1. The minimum atomic E-state index is -0.636. The van der Waals surface area contributed by atoms with E-state index in [4.69, 9.17) is 14.2 Å². The van der Waals surface area contributed by atoms with Crippen molar-refractivity contribution in [2.24, 2.45) is 0 Å². The van der Waals surface area contributed by atoms with Crippen molar-refractivity contribution in [2.75, 3.05) is 32.0 Å². The highest BCUT2D eigenvalue weighted by Crippen LogP contribution is 2.36. The molecule has 0 bridgehead atoms. The van der Waals surface area contributed by atoms with Gasteiger partial charge < -0.3 is 24.8 Å². The number of hydrogen-bond acceptors (Lipinski definition) is 8. The van der Waals surface area contributed by atoms with E-state index < -0.39 is 11.9 Å². The first-order valence-electron chi connectivity index (χ1n) is 9.45. The molecule has 0 spiro atoms. The normalized spacial score (nSPS) is 10.4. The van der Waals surface area contributed by atoms with E-state index in [-0.39, 0.29) is 27.8 Å². The molecule has 2 aromatic heterocycles. The Balaban J connectivity index is 1.90. The summed E-state index contributed by atoms with van der Waals surface area (Å²) >= 11 is 2.47. The first kappa shape index (κ1) is 23.3. The summed E-state index contributed by atoms with van der Waals surface area (Å²) in [7, 11) is 4.26. The summed E-state index contributed by atoms with van der Waals surface area (Å²) in [6.45, 7) is 1.63. The van der Waals surface area contributed by atoms with Crippen molar-refractivity contribution < 1.29 is 28.6 Å². The van der Waals surface area contributed by atoms with Gasteiger partial charge in [-0.3, -0.25) is 9.59 Å². The van der Waals surface area contributed by atoms with Gasteiger partial charge in [-0.15, -0.1) is 22.7 Å². The second-order valence-electron chi connectivity index (χ2n) is 6.58. The Bertz CT molecular complexity index is 1140. The molecule has 8 nitrogen and oxygen atoms in total. The number of carbonyl (C=O) groups is 3. The Morgan fingerprint density at radius 2 is 1.81 bits per heavy atom. The molecule has 32 heavy (non-hydrogen) atoms. The van der Waals surface area contributed by atoms with E-state index in [1.807, 2.05) is 17.5 Å². The van der Waals surface area contributed by atoms with Gasteiger partial charge in [0.15, 0.2) is 0 Å². The van der Waals surface area contributed by atoms with Crippen molar-refractivity contribution in [3.05, 3.63) is 56.6 Å². The van der Waals surface area contributed by atoms with Crippen LogP contribution in [0, 0.1) is 6.92 Å². The molecule has 0 atom stereocenters. The van der Waals surface area contributed by atoms with Gasteiger partial charge in [-0.2, -0.15) is 0 Å².